The summed E-state index contributed by atoms with van der Waals surface area (Å²) in [6.45, 7) is 1.88. The Balaban J connectivity index is 3.08. The van der Waals surface area contributed by atoms with Crippen molar-refractivity contribution in [1.29, 1.82) is 5.26 Å². The van der Waals surface area contributed by atoms with E-state index in [9.17, 15) is 4.79 Å². The van der Waals surface area contributed by atoms with E-state index in [0.29, 0.717) is 11.8 Å². The van der Waals surface area contributed by atoms with Gasteiger partial charge in [0.25, 0.3) is 0 Å². The minimum absolute atomic E-state index is 0.646. The Kier molecular flexibility index (Phi) is 2.99. The Morgan fingerprint density at radius 1 is 1.46 bits per heavy atom. The third-order valence-electron chi connectivity index (χ3n) is 1.75. The minimum Gasteiger partial charge on any atom is -0.299 e. The fraction of sp³-hybridized carbons (Fsp3) is 0.0909. The Morgan fingerprint density at radius 2 is 2.23 bits per heavy atom. The molecule has 0 spiro atoms. The van der Waals surface area contributed by atoms with E-state index in [1.807, 2.05) is 19.1 Å². The molecule has 0 heterocycles. The van der Waals surface area contributed by atoms with Crippen molar-refractivity contribution in [3.63, 3.8) is 0 Å². The van der Waals surface area contributed by atoms with Gasteiger partial charge in [0.15, 0.2) is 0 Å². The number of carbonyl (C=O) groups is 1. The van der Waals surface area contributed by atoms with Crippen molar-refractivity contribution in [2.45, 2.75) is 6.92 Å². The van der Waals surface area contributed by atoms with Gasteiger partial charge >= 0.3 is 0 Å². The number of hydrogen-bond acceptors (Lipinski definition) is 2. The minimum atomic E-state index is 0.646. The number of aldehydes is 1. The van der Waals surface area contributed by atoms with E-state index in [1.165, 1.54) is 6.08 Å². The molecule has 1 aromatic carbocycles. The first-order valence-corrected chi connectivity index (χ1v) is 3.90. The molecule has 0 aliphatic heterocycles. The van der Waals surface area contributed by atoms with Crippen molar-refractivity contribution in [2.24, 2.45) is 0 Å². The number of hydrogen-bond donors (Lipinski definition) is 0. The zero-order valence-corrected chi connectivity index (χ0v) is 7.32. The second kappa shape index (κ2) is 4.22. The van der Waals surface area contributed by atoms with Crippen LogP contribution in [-0.2, 0) is 4.79 Å². The average Bonchev–Trinajstić information content (AvgIpc) is 2.16. The van der Waals surface area contributed by atoms with Gasteiger partial charge in [0.2, 0.25) is 0 Å². The van der Waals surface area contributed by atoms with Crippen LogP contribution >= 0.6 is 0 Å². The fourth-order valence-corrected chi connectivity index (χ4v) is 1.01. The zero-order chi connectivity index (χ0) is 9.68. The van der Waals surface area contributed by atoms with Crippen molar-refractivity contribution in [2.75, 3.05) is 0 Å². The molecule has 1 aromatic rings. The number of nitrogens with zero attached hydrogens (tertiary/aromatic N) is 1. The molecule has 0 bridgehead atoms. The quantitative estimate of drug-likeness (QED) is 0.505. The summed E-state index contributed by atoms with van der Waals surface area (Å²) in [7, 11) is 0. The van der Waals surface area contributed by atoms with Gasteiger partial charge in [-0.1, -0.05) is 18.2 Å². The number of carbonyl (C=O) groups excluding carboxylic acids is 1. The molecule has 0 unspecified atom stereocenters. The molecule has 0 aliphatic rings. The van der Waals surface area contributed by atoms with Crippen LogP contribution in [0, 0.1) is 18.3 Å². The van der Waals surface area contributed by atoms with Gasteiger partial charge in [0, 0.05) is 0 Å². The first-order chi connectivity index (χ1) is 6.27. The first kappa shape index (κ1) is 9.21. The Hall–Kier alpha value is -1.88. The Morgan fingerprint density at radius 3 is 2.85 bits per heavy atom. The van der Waals surface area contributed by atoms with E-state index < -0.39 is 0 Å². The SMILES string of the molecule is Cc1ccc(/C=C/C=O)cc1C#N. The highest BCUT2D eigenvalue weighted by molar-refractivity contribution is 5.74. The Bertz CT molecular complexity index is 386. The van der Waals surface area contributed by atoms with E-state index in [4.69, 9.17) is 5.26 Å². The van der Waals surface area contributed by atoms with Crippen molar-refractivity contribution >= 4 is 12.4 Å². The highest BCUT2D eigenvalue weighted by atomic mass is 16.1. The van der Waals surface area contributed by atoms with Crippen LogP contribution < -0.4 is 0 Å². The van der Waals surface area contributed by atoms with Gasteiger partial charge in [-0.05, 0) is 30.2 Å². The number of rotatable bonds is 2. The van der Waals surface area contributed by atoms with Crippen LogP contribution in [0.2, 0.25) is 0 Å². The van der Waals surface area contributed by atoms with E-state index in [0.717, 1.165) is 11.1 Å². The highest BCUT2D eigenvalue weighted by Crippen LogP contribution is 2.10. The van der Waals surface area contributed by atoms with Crippen LogP contribution in [0.5, 0.6) is 0 Å². The maximum atomic E-state index is 10.0. The topological polar surface area (TPSA) is 40.9 Å². The first-order valence-electron chi connectivity index (χ1n) is 3.90. The van der Waals surface area contributed by atoms with Gasteiger partial charge < -0.3 is 0 Å². The molecule has 1 rings (SSSR count). The van der Waals surface area contributed by atoms with E-state index in [1.54, 1.807) is 12.1 Å². The highest BCUT2D eigenvalue weighted by Gasteiger charge is 1.96. The molecule has 0 fully saturated rings. The maximum absolute atomic E-state index is 10.0. The standard InChI is InChI=1S/C11H9NO/c1-9-4-5-10(3-2-6-13)7-11(9)8-12/h2-7H,1H3/b3-2+. The molecule has 64 valence electrons. The molecule has 2 nitrogen and oxygen atoms in total. The van der Waals surface area contributed by atoms with Gasteiger partial charge in [0.05, 0.1) is 11.6 Å². The summed E-state index contributed by atoms with van der Waals surface area (Å²) in [5, 5.41) is 8.72. The van der Waals surface area contributed by atoms with Gasteiger partial charge in [-0.25, -0.2) is 0 Å². The summed E-state index contributed by atoms with van der Waals surface area (Å²) in [5.41, 5.74) is 2.47. The predicted octanol–water partition coefficient (Wildman–Crippen LogP) is 2.08. The number of nitriles is 1. The number of aryl methyl sites for hydroxylation is 1. The summed E-state index contributed by atoms with van der Waals surface area (Å²) in [5.74, 6) is 0. The molecular weight excluding hydrogens is 162 g/mol. The van der Waals surface area contributed by atoms with Gasteiger partial charge in [0.1, 0.15) is 6.29 Å². The smallest absolute Gasteiger partial charge is 0.142 e. The summed E-state index contributed by atoms with van der Waals surface area (Å²) in [6, 6.07) is 7.58. The lowest BCUT2D eigenvalue weighted by molar-refractivity contribution is -0.104. The number of allylic oxidation sites excluding steroid dienone is 1. The summed E-state index contributed by atoms with van der Waals surface area (Å²) in [4.78, 5) is 10.0. The van der Waals surface area contributed by atoms with Gasteiger partial charge in [-0.2, -0.15) is 5.26 Å². The average molecular weight is 171 g/mol. The predicted molar refractivity (Wildman–Crippen MR) is 51.0 cm³/mol. The van der Waals surface area contributed by atoms with Crippen LogP contribution in [0.1, 0.15) is 16.7 Å². The van der Waals surface area contributed by atoms with Crippen molar-refractivity contribution in [3.8, 4) is 6.07 Å². The summed E-state index contributed by atoms with van der Waals surface area (Å²) >= 11 is 0. The third kappa shape index (κ3) is 2.28. The lowest BCUT2D eigenvalue weighted by Crippen LogP contribution is -1.82. The lowest BCUT2D eigenvalue weighted by Gasteiger charge is -1.97. The second-order valence-electron chi connectivity index (χ2n) is 2.68. The maximum Gasteiger partial charge on any atom is 0.142 e. The van der Waals surface area contributed by atoms with Gasteiger partial charge in [-0.3, -0.25) is 4.79 Å². The zero-order valence-electron chi connectivity index (χ0n) is 7.32. The van der Waals surface area contributed by atoms with Crippen molar-refractivity contribution in [1.82, 2.24) is 0 Å². The lowest BCUT2D eigenvalue weighted by atomic mass is 10.1. The normalized spacial score (nSPS) is 9.85. The molecule has 0 aromatic heterocycles. The van der Waals surface area contributed by atoms with Crippen LogP contribution in [0.3, 0.4) is 0 Å². The van der Waals surface area contributed by atoms with Crippen LogP contribution in [0.4, 0.5) is 0 Å². The summed E-state index contributed by atoms with van der Waals surface area (Å²) in [6.07, 6.45) is 3.80. The van der Waals surface area contributed by atoms with Crippen LogP contribution in [0.25, 0.3) is 6.08 Å². The molecule has 0 saturated carbocycles. The van der Waals surface area contributed by atoms with Crippen molar-refractivity contribution in [3.05, 3.63) is 41.0 Å². The summed E-state index contributed by atoms with van der Waals surface area (Å²) < 4.78 is 0. The molecule has 2 heteroatoms. The molecule has 0 amide bonds. The van der Waals surface area contributed by atoms with Gasteiger partial charge in [-0.15, -0.1) is 0 Å². The van der Waals surface area contributed by atoms with Crippen LogP contribution in [0.15, 0.2) is 24.3 Å². The van der Waals surface area contributed by atoms with Crippen molar-refractivity contribution < 1.29 is 4.79 Å². The number of benzene rings is 1. The molecule has 0 N–H and O–H groups in total. The van der Waals surface area contributed by atoms with E-state index >= 15 is 0 Å². The molecule has 13 heavy (non-hydrogen) atoms. The third-order valence-corrected chi connectivity index (χ3v) is 1.75. The second-order valence-corrected chi connectivity index (χ2v) is 2.68. The fourth-order valence-electron chi connectivity index (χ4n) is 1.01. The molecule has 0 saturated heterocycles. The monoisotopic (exact) mass is 171 g/mol. The molecule has 0 atom stereocenters. The van der Waals surface area contributed by atoms with E-state index in [2.05, 4.69) is 6.07 Å². The molecule has 0 radical (unpaired) electrons. The molecule has 0 aliphatic carbocycles. The van der Waals surface area contributed by atoms with Crippen LogP contribution in [-0.4, -0.2) is 6.29 Å². The largest absolute Gasteiger partial charge is 0.299 e. The molecular formula is C11H9NO. The Labute approximate surface area is 77.1 Å². The van der Waals surface area contributed by atoms with E-state index in [-0.39, 0.29) is 0 Å².